The summed E-state index contributed by atoms with van der Waals surface area (Å²) in [4.78, 5) is 22.8. The lowest BCUT2D eigenvalue weighted by Gasteiger charge is -2.21. The highest BCUT2D eigenvalue weighted by Gasteiger charge is 2.13. The minimum Gasteiger partial charge on any atom is -0.357 e. The Kier molecular flexibility index (Phi) is 10.2. The highest BCUT2D eigenvalue weighted by Crippen LogP contribution is 2.18. The number of aliphatic imine (C=N–C) groups is 1. The molecule has 0 aliphatic rings. The second-order valence-corrected chi connectivity index (χ2v) is 7.20. The van der Waals surface area contributed by atoms with Gasteiger partial charge in [-0.25, -0.2) is 9.98 Å². The van der Waals surface area contributed by atoms with Crippen molar-refractivity contribution in [3.05, 3.63) is 11.1 Å². The molecule has 0 bridgehead atoms. The van der Waals surface area contributed by atoms with E-state index in [2.05, 4.69) is 25.9 Å². The summed E-state index contributed by atoms with van der Waals surface area (Å²) < 4.78 is 0. The number of nitrogens with zero attached hydrogens (tertiary/aromatic N) is 3. The fraction of sp³-hybridized carbons (Fsp3) is 0.667. The molecule has 1 heterocycles. The van der Waals surface area contributed by atoms with Crippen LogP contribution in [0.25, 0.3) is 0 Å². The minimum atomic E-state index is -0.239. The Morgan fingerprint density at radius 1 is 1.33 bits per heavy atom. The molecule has 0 saturated heterocycles. The van der Waals surface area contributed by atoms with Crippen LogP contribution in [0.3, 0.4) is 0 Å². The first-order valence-electron chi connectivity index (χ1n) is 7.66. The van der Waals surface area contributed by atoms with Crippen molar-refractivity contribution in [2.24, 2.45) is 4.99 Å². The van der Waals surface area contributed by atoms with E-state index in [4.69, 9.17) is 0 Å². The quantitative estimate of drug-likeness (QED) is 0.337. The van der Waals surface area contributed by atoms with Gasteiger partial charge in [0.15, 0.2) is 11.1 Å². The lowest BCUT2D eigenvalue weighted by molar-refractivity contribution is -0.121. The van der Waals surface area contributed by atoms with Crippen LogP contribution >= 0.6 is 35.3 Å². The van der Waals surface area contributed by atoms with Crippen LogP contribution in [0.1, 0.15) is 33.4 Å². The molecular weight excluding hydrogens is 439 g/mol. The third-order valence-electron chi connectivity index (χ3n) is 2.60. The molecule has 3 N–H and O–H groups in total. The third-order valence-corrected chi connectivity index (χ3v) is 3.65. The predicted molar refractivity (Wildman–Crippen MR) is 113 cm³/mol. The molecule has 1 aromatic heterocycles. The van der Waals surface area contributed by atoms with E-state index in [1.807, 2.05) is 52.1 Å². The Hall–Kier alpha value is -1.10. The molecule has 24 heavy (non-hydrogen) atoms. The molecular formula is C15H29IN6OS. The largest absolute Gasteiger partial charge is 0.357 e. The zero-order valence-corrected chi connectivity index (χ0v) is 18.4. The van der Waals surface area contributed by atoms with Gasteiger partial charge >= 0.3 is 0 Å². The zero-order valence-electron chi connectivity index (χ0n) is 15.3. The summed E-state index contributed by atoms with van der Waals surface area (Å²) in [6.45, 7) is 9.23. The maximum absolute atomic E-state index is 11.8. The van der Waals surface area contributed by atoms with Gasteiger partial charge in [-0.3, -0.25) is 4.79 Å². The number of carbonyl (C=O) groups is 1. The van der Waals surface area contributed by atoms with Crippen LogP contribution in [0.4, 0.5) is 5.13 Å². The molecule has 0 aromatic carbocycles. The molecule has 1 aromatic rings. The highest BCUT2D eigenvalue weighted by atomic mass is 127. The van der Waals surface area contributed by atoms with Gasteiger partial charge in [0.25, 0.3) is 0 Å². The van der Waals surface area contributed by atoms with Crippen LogP contribution in [0.15, 0.2) is 10.4 Å². The molecule has 1 rings (SSSR count). The van der Waals surface area contributed by atoms with Crippen LogP contribution in [0.5, 0.6) is 0 Å². The van der Waals surface area contributed by atoms with Crippen LogP contribution < -0.4 is 20.9 Å². The van der Waals surface area contributed by atoms with Crippen LogP contribution in [0, 0.1) is 0 Å². The number of hydrogen-bond donors (Lipinski definition) is 3. The van der Waals surface area contributed by atoms with E-state index in [-0.39, 0.29) is 42.0 Å². The number of thiazole rings is 1. The van der Waals surface area contributed by atoms with E-state index in [1.54, 1.807) is 11.3 Å². The van der Waals surface area contributed by atoms with Gasteiger partial charge in [0, 0.05) is 31.6 Å². The predicted octanol–water partition coefficient (Wildman–Crippen LogP) is 1.80. The van der Waals surface area contributed by atoms with Crippen LogP contribution in [-0.2, 0) is 11.3 Å². The third kappa shape index (κ3) is 9.26. The smallest absolute Gasteiger partial charge is 0.239 e. The average molecular weight is 468 g/mol. The molecule has 9 heteroatoms. The van der Waals surface area contributed by atoms with Crippen molar-refractivity contribution >= 4 is 52.3 Å². The first-order valence-corrected chi connectivity index (χ1v) is 8.54. The summed E-state index contributed by atoms with van der Waals surface area (Å²) in [5, 5.41) is 12.0. The number of guanidine groups is 1. The number of hydrogen-bond acceptors (Lipinski definition) is 5. The molecule has 0 radical (unpaired) electrons. The van der Waals surface area contributed by atoms with Gasteiger partial charge < -0.3 is 20.9 Å². The number of rotatable bonds is 6. The van der Waals surface area contributed by atoms with Crippen molar-refractivity contribution in [1.29, 1.82) is 0 Å². The van der Waals surface area contributed by atoms with Gasteiger partial charge in [0.1, 0.15) is 0 Å². The van der Waals surface area contributed by atoms with Crippen molar-refractivity contribution in [2.75, 3.05) is 32.1 Å². The lowest BCUT2D eigenvalue weighted by atomic mass is 10.1. The maximum Gasteiger partial charge on any atom is 0.239 e. The normalized spacial score (nSPS) is 11.5. The molecule has 7 nitrogen and oxygen atoms in total. The SMILES string of the molecule is CCNC(=NCc1csc(N(C)C)n1)NCC(=O)NC(C)(C)C.I. The molecule has 0 atom stereocenters. The molecule has 0 fully saturated rings. The van der Waals surface area contributed by atoms with E-state index in [9.17, 15) is 4.79 Å². The Labute approximate surface area is 165 Å². The number of nitrogens with one attached hydrogen (secondary N) is 3. The first-order chi connectivity index (χ1) is 10.7. The molecule has 1 amide bonds. The standard InChI is InChI=1S/C15H28N6OS.HI/c1-7-16-13(18-9-12(22)20-15(2,3)4)17-8-11-10-23-14(19-11)21(5)6;/h10H,7-9H2,1-6H3,(H,20,22)(H2,16,17,18);1H. The number of halogens is 1. The topological polar surface area (TPSA) is 81.7 Å². The van der Waals surface area contributed by atoms with E-state index < -0.39 is 0 Å². The zero-order chi connectivity index (χ0) is 17.5. The van der Waals surface area contributed by atoms with E-state index in [0.717, 1.165) is 17.4 Å². The van der Waals surface area contributed by atoms with Crippen molar-refractivity contribution in [3.63, 3.8) is 0 Å². The summed E-state index contributed by atoms with van der Waals surface area (Å²) in [5.41, 5.74) is 0.673. The van der Waals surface area contributed by atoms with Gasteiger partial charge in [-0.1, -0.05) is 0 Å². The van der Waals surface area contributed by atoms with Crippen LogP contribution in [-0.4, -0.2) is 49.6 Å². The summed E-state index contributed by atoms with van der Waals surface area (Å²) in [6.07, 6.45) is 0. The molecule has 0 saturated carbocycles. The molecule has 0 aliphatic heterocycles. The van der Waals surface area contributed by atoms with Crippen molar-refractivity contribution in [2.45, 2.75) is 39.8 Å². The number of aromatic nitrogens is 1. The summed E-state index contributed by atoms with van der Waals surface area (Å²) in [5.74, 6) is 0.544. The number of anilines is 1. The van der Waals surface area contributed by atoms with Gasteiger partial charge in [-0.2, -0.15) is 0 Å². The van der Waals surface area contributed by atoms with E-state index in [0.29, 0.717) is 12.5 Å². The molecule has 0 spiro atoms. The Morgan fingerprint density at radius 3 is 2.50 bits per heavy atom. The monoisotopic (exact) mass is 468 g/mol. The van der Waals surface area contributed by atoms with Crippen LogP contribution in [0.2, 0.25) is 0 Å². The van der Waals surface area contributed by atoms with Gasteiger partial charge in [-0.15, -0.1) is 35.3 Å². The Bertz CT molecular complexity index is 538. The summed E-state index contributed by atoms with van der Waals surface area (Å²) >= 11 is 1.59. The second-order valence-electron chi connectivity index (χ2n) is 6.36. The van der Waals surface area contributed by atoms with Gasteiger partial charge in [-0.05, 0) is 27.7 Å². The number of carbonyl (C=O) groups excluding carboxylic acids is 1. The van der Waals surface area contributed by atoms with Crippen molar-refractivity contribution in [1.82, 2.24) is 20.9 Å². The van der Waals surface area contributed by atoms with E-state index in [1.165, 1.54) is 0 Å². The second kappa shape index (κ2) is 10.7. The van der Waals surface area contributed by atoms with Gasteiger partial charge in [0.05, 0.1) is 18.8 Å². The minimum absolute atomic E-state index is 0. The highest BCUT2D eigenvalue weighted by molar-refractivity contribution is 14.0. The number of amides is 1. The molecule has 138 valence electrons. The fourth-order valence-corrected chi connectivity index (χ4v) is 2.45. The van der Waals surface area contributed by atoms with Crippen molar-refractivity contribution < 1.29 is 4.79 Å². The lowest BCUT2D eigenvalue weighted by Crippen LogP contribution is -2.48. The summed E-state index contributed by atoms with van der Waals surface area (Å²) in [7, 11) is 3.93. The molecule has 0 aliphatic carbocycles. The van der Waals surface area contributed by atoms with Gasteiger partial charge in [0.2, 0.25) is 5.91 Å². The van der Waals surface area contributed by atoms with E-state index >= 15 is 0 Å². The Balaban J connectivity index is 0.00000529. The first kappa shape index (κ1) is 22.9. The maximum atomic E-state index is 11.8. The Morgan fingerprint density at radius 2 is 2.00 bits per heavy atom. The van der Waals surface area contributed by atoms with Crippen molar-refractivity contribution in [3.8, 4) is 0 Å². The summed E-state index contributed by atoms with van der Waals surface area (Å²) in [6, 6.07) is 0. The molecule has 0 unspecified atom stereocenters. The fourth-order valence-electron chi connectivity index (χ4n) is 1.70. The average Bonchev–Trinajstić information content (AvgIpc) is 2.89.